The number of carbonyl (C=O) groups excluding carboxylic acids is 1. The molecule has 166 valence electrons. The van der Waals surface area contributed by atoms with Crippen LogP contribution in [0.25, 0.3) is 0 Å². The van der Waals surface area contributed by atoms with Gasteiger partial charge in [-0.2, -0.15) is 4.98 Å². The number of para-hydroxylation sites is 1. The van der Waals surface area contributed by atoms with Crippen LogP contribution in [0.15, 0.2) is 59.2 Å². The summed E-state index contributed by atoms with van der Waals surface area (Å²) in [6.07, 6.45) is 1.65. The number of hydrogen-bond donors (Lipinski definition) is 3. The van der Waals surface area contributed by atoms with Gasteiger partial charge in [-0.1, -0.05) is 18.2 Å². The van der Waals surface area contributed by atoms with E-state index in [2.05, 4.69) is 59.0 Å². The van der Waals surface area contributed by atoms with Crippen LogP contribution < -0.4 is 21.0 Å². The third-order valence-corrected chi connectivity index (χ3v) is 5.42. The highest BCUT2D eigenvalue weighted by molar-refractivity contribution is 9.10. The van der Waals surface area contributed by atoms with Crippen molar-refractivity contribution in [3.05, 3.63) is 64.8 Å². The lowest BCUT2D eigenvalue weighted by Crippen LogP contribution is -2.36. The van der Waals surface area contributed by atoms with E-state index in [1.807, 2.05) is 18.2 Å². The fourth-order valence-corrected chi connectivity index (χ4v) is 3.60. The lowest BCUT2D eigenvalue weighted by Gasteiger charge is -2.29. The zero-order chi connectivity index (χ0) is 22.3. The maximum absolute atomic E-state index is 12.3. The minimum absolute atomic E-state index is 0.362. The maximum atomic E-state index is 12.3. The third-order valence-electron chi connectivity index (χ3n) is 4.84. The lowest BCUT2D eigenvalue weighted by molar-refractivity contribution is 0.0538. The number of amides is 1. The number of aromatic nitrogens is 2. The largest absolute Gasteiger partial charge is 0.378 e. The molecule has 1 amide bonds. The van der Waals surface area contributed by atoms with Crippen LogP contribution in [-0.2, 0) is 9.57 Å². The molecule has 0 spiro atoms. The topological polar surface area (TPSA) is 101 Å². The molecule has 0 radical (unpaired) electrons. The molecule has 0 unspecified atom stereocenters. The van der Waals surface area contributed by atoms with Crippen LogP contribution in [0.3, 0.4) is 0 Å². The van der Waals surface area contributed by atoms with Gasteiger partial charge in [-0.25, -0.2) is 10.5 Å². The molecule has 4 rings (SSSR count). The molecule has 10 heteroatoms. The van der Waals surface area contributed by atoms with E-state index in [9.17, 15) is 4.79 Å². The average Bonchev–Trinajstić information content (AvgIpc) is 2.82. The van der Waals surface area contributed by atoms with Crippen molar-refractivity contribution in [3.8, 4) is 0 Å². The smallest absolute Gasteiger partial charge is 0.276 e. The number of carbonyl (C=O) groups is 1. The van der Waals surface area contributed by atoms with E-state index < -0.39 is 0 Å². The van der Waals surface area contributed by atoms with Gasteiger partial charge >= 0.3 is 0 Å². The fraction of sp³-hybridized carbons (Fsp3) is 0.227. The number of hydrogen-bond acceptors (Lipinski definition) is 8. The second-order valence-corrected chi connectivity index (χ2v) is 7.83. The summed E-state index contributed by atoms with van der Waals surface area (Å²) in [6.45, 7) is 3.18. The monoisotopic (exact) mass is 498 g/mol. The zero-order valence-electron chi connectivity index (χ0n) is 17.5. The summed E-state index contributed by atoms with van der Waals surface area (Å²) in [4.78, 5) is 28.2. The van der Waals surface area contributed by atoms with Crippen LogP contribution in [0.4, 0.5) is 28.8 Å². The highest BCUT2D eigenvalue weighted by Crippen LogP contribution is 2.28. The van der Waals surface area contributed by atoms with Crippen molar-refractivity contribution in [1.82, 2.24) is 15.4 Å². The quantitative estimate of drug-likeness (QED) is 0.422. The SMILES string of the molecule is CONC(=O)c1ccccc1Nc1nc(Nc2cccc(N3CCOCC3)c2)ncc1Br. The van der Waals surface area contributed by atoms with E-state index >= 15 is 0 Å². The molecule has 3 N–H and O–H groups in total. The molecule has 1 aliphatic rings. The van der Waals surface area contributed by atoms with E-state index in [0.29, 0.717) is 27.5 Å². The predicted octanol–water partition coefficient (Wildman–Crippen LogP) is 3.85. The first-order valence-electron chi connectivity index (χ1n) is 10.1. The molecule has 0 saturated carbocycles. The predicted molar refractivity (Wildman–Crippen MR) is 127 cm³/mol. The Morgan fingerprint density at radius 1 is 1.12 bits per heavy atom. The van der Waals surface area contributed by atoms with Crippen molar-refractivity contribution >= 4 is 50.7 Å². The molecule has 2 aromatic carbocycles. The first-order chi connectivity index (χ1) is 15.6. The number of morpholine rings is 1. The number of hydroxylamine groups is 1. The van der Waals surface area contributed by atoms with Crippen LogP contribution in [0.2, 0.25) is 0 Å². The summed E-state index contributed by atoms with van der Waals surface area (Å²) in [5.74, 6) is 0.581. The summed E-state index contributed by atoms with van der Waals surface area (Å²) >= 11 is 3.47. The zero-order valence-corrected chi connectivity index (χ0v) is 19.1. The summed E-state index contributed by atoms with van der Waals surface area (Å²) in [6, 6.07) is 15.2. The Hall–Kier alpha value is -3.21. The number of ether oxygens (including phenoxy) is 1. The second kappa shape index (κ2) is 10.4. The van der Waals surface area contributed by atoms with Crippen molar-refractivity contribution in [3.63, 3.8) is 0 Å². The molecular formula is C22H23BrN6O3. The third kappa shape index (κ3) is 5.34. The van der Waals surface area contributed by atoms with Crippen molar-refractivity contribution in [2.45, 2.75) is 0 Å². The normalized spacial score (nSPS) is 13.5. The minimum Gasteiger partial charge on any atom is -0.378 e. The fourth-order valence-electron chi connectivity index (χ4n) is 3.31. The first kappa shape index (κ1) is 22.0. The highest BCUT2D eigenvalue weighted by atomic mass is 79.9. The summed E-state index contributed by atoms with van der Waals surface area (Å²) in [5.41, 5.74) is 5.33. The van der Waals surface area contributed by atoms with Gasteiger partial charge in [0.15, 0.2) is 0 Å². The molecule has 1 aromatic heterocycles. The van der Waals surface area contributed by atoms with Crippen molar-refractivity contribution in [2.75, 3.05) is 48.9 Å². The Bertz CT molecular complexity index is 1090. The summed E-state index contributed by atoms with van der Waals surface area (Å²) in [5, 5.41) is 6.45. The number of nitrogens with zero attached hydrogens (tertiary/aromatic N) is 3. The van der Waals surface area contributed by atoms with E-state index in [4.69, 9.17) is 9.57 Å². The van der Waals surface area contributed by atoms with Gasteiger partial charge < -0.3 is 20.3 Å². The van der Waals surface area contributed by atoms with E-state index in [1.165, 1.54) is 7.11 Å². The first-order valence-corrected chi connectivity index (χ1v) is 10.8. The molecule has 2 heterocycles. The Balaban J connectivity index is 1.54. The molecule has 3 aromatic rings. The number of halogens is 1. The highest BCUT2D eigenvalue weighted by Gasteiger charge is 2.14. The Morgan fingerprint density at radius 3 is 2.75 bits per heavy atom. The van der Waals surface area contributed by atoms with E-state index in [-0.39, 0.29) is 5.91 Å². The second-order valence-electron chi connectivity index (χ2n) is 6.97. The molecule has 9 nitrogen and oxygen atoms in total. The molecule has 1 fully saturated rings. The van der Waals surface area contributed by atoms with Gasteiger partial charge in [0.1, 0.15) is 5.82 Å². The minimum atomic E-state index is -0.362. The molecule has 0 atom stereocenters. The molecular weight excluding hydrogens is 476 g/mol. The standard InChI is InChI=1S/C22H23BrN6O3/c1-31-28-21(30)17-7-2-3-8-19(17)26-20-18(23)14-24-22(27-20)25-15-5-4-6-16(13-15)29-9-11-32-12-10-29/h2-8,13-14H,9-12H2,1H3,(H,28,30)(H2,24,25,26,27). The number of benzene rings is 2. The molecule has 0 aliphatic carbocycles. The number of rotatable bonds is 7. The molecule has 0 bridgehead atoms. The molecule has 32 heavy (non-hydrogen) atoms. The van der Waals surface area contributed by atoms with Crippen molar-refractivity contribution in [1.29, 1.82) is 0 Å². The van der Waals surface area contributed by atoms with Crippen LogP contribution in [0.5, 0.6) is 0 Å². The molecule has 1 aliphatic heterocycles. The number of anilines is 5. The summed E-state index contributed by atoms with van der Waals surface area (Å²) < 4.78 is 6.10. The van der Waals surface area contributed by atoms with Gasteiger partial charge in [-0.3, -0.25) is 9.63 Å². The summed E-state index contributed by atoms with van der Waals surface area (Å²) in [7, 11) is 1.39. The van der Waals surface area contributed by atoms with E-state index in [1.54, 1.807) is 24.4 Å². The van der Waals surface area contributed by atoms with Crippen molar-refractivity contribution in [2.24, 2.45) is 0 Å². The molecule has 1 saturated heterocycles. The van der Waals surface area contributed by atoms with Crippen molar-refractivity contribution < 1.29 is 14.4 Å². The van der Waals surface area contributed by atoms with Gasteiger partial charge in [0.25, 0.3) is 5.91 Å². The Kier molecular flexibility index (Phi) is 7.15. The van der Waals surface area contributed by atoms with Crippen LogP contribution in [0, 0.1) is 0 Å². The van der Waals surface area contributed by atoms with Gasteiger partial charge in [0.05, 0.1) is 36.0 Å². The maximum Gasteiger partial charge on any atom is 0.276 e. The Morgan fingerprint density at radius 2 is 1.94 bits per heavy atom. The van der Waals surface area contributed by atoms with Crippen LogP contribution >= 0.6 is 15.9 Å². The van der Waals surface area contributed by atoms with Gasteiger partial charge in [0, 0.05) is 30.7 Å². The van der Waals surface area contributed by atoms with Gasteiger partial charge in [-0.15, -0.1) is 0 Å². The van der Waals surface area contributed by atoms with E-state index in [0.717, 1.165) is 37.7 Å². The Labute approximate surface area is 194 Å². The van der Waals surface area contributed by atoms with Crippen LogP contribution in [0.1, 0.15) is 10.4 Å². The van der Waals surface area contributed by atoms with Crippen LogP contribution in [-0.4, -0.2) is 49.3 Å². The average molecular weight is 499 g/mol. The number of nitrogens with one attached hydrogen (secondary N) is 3. The van der Waals surface area contributed by atoms with Gasteiger partial charge in [0.2, 0.25) is 5.95 Å². The lowest BCUT2D eigenvalue weighted by atomic mass is 10.1. The van der Waals surface area contributed by atoms with Gasteiger partial charge in [-0.05, 0) is 46.3 Å².